The zero-order valence-corrected chi connectivity index (χ0v) is 11.9. The molecule has 2 heterocycles. The largest absolute Gasteiger partial charge is 0.351 e. The second-order valence-corrected chi connectivity index (χ2v) is 5.94. The van der Waals surface area contributed by atoms with E-state index in [-0.39, 0.29) is 17.7 Å². The molecule has 3 rings (SSSR count). The molecule has 6 heteroatoms. The molecule has 1 aliphatic heterocycles. The Kier molecular flexibility index (Phi) is 3.23. The van der Waals surface area contributed by atoms with Gasteiger partial charge < -0.3 is 10.2 Å². The molecule has 1 fully saturated rings. The van der Waals surface area contributed by atoms with E-state index in [0.29, 0.717) is 19.1 Å². The highest BCUT2D eigenvalue weighted by Crippen LogP contribution is 2.24. The lowest BCUT2D eigenvalue weighted by Gasteiger charge is -2.34. The van der Waals surface area contributed by atoms with Crippen molar-refractivity contribution in [1.29, 1.82) is 0 Å². The van der Waals surface area contributed by atoms with Gasteiger partial charge >= 0.3 is 0 Å². The van der Waals surface area contributed by atoms with E-state index in [1.165, 1.54) is 0 Å². The highest BCUT2D eigenvalue weighted by molar-refractivity contribution is 5.83. The fourth-order valence-corrected chi connectivity index (χ4v) is 2.55. The second kappa shape index (κ2) is 4.92. The average molecular weight is 276 g/mol. The minimum atomic E-state index is -0.406. The molecule has 2 aliphatic rings. The Bertz CT molecular complexity index is 533. The number of hydrogen-bond acceptors (Lipinski definition) is 3. The van der Waals surface area contributed by atoms with E-state index in [4.69, 9.17) is 0 Å². The van der Waals surface area contributed by atoms with Crippen LogP contribution in [0.5, 0.6) is 0 Å². The van der Waals surface area contributed by atoms with Crippen molar-refractivity contribution in [3.8, 4) is 0 Å². The molecule has 6 nitrogen and oxygen atoms in total. The number of aromatic nitrogens is 2. The Balaban J connectivity index is 1.81. The molecule has 1 atom stereocenters. The molecule has 1 N–H and O–H groups in total. The van der Waals surface area contributed by atoms with Crippen molar-refractivity contribution in [1.82, 2.24) is 20.0 Å². The van der Waals surface area contributed by atoms with Gasteiger partial charge in [0, 0.05) is 18.2 Å². The van der Waals surface area contributed by atoms with Gasteiger partial charge in [-0.2, -0.15) is 5.10 Å². The lowest BCUT2D eigenvalue weighted by molar-refractivity contribution is -0.138. The van der Waals surface area contributed by atoms with Crippen molar-refractivity contribution in [2.45, 2.75) is 45.3 Å². The van der Waals surface area contributed by atoms with Gasteiger partial charge in [0.25, 0.3) is 0 Å². The van der Waals surface area contributed by atoms with E-state index in [1.807, 2.05) is 19.9 Å². The Morgan fingerprint density at radius 1 is 1.40 bits per heavy atom. The molecule has 1 aromatic heterocycles. The van der Waals surface area contributed by atoms with Gasteiger partial charge in [-0.05, 0) is 18.9 Å². The summed E-state index contributed by atoms with van der Waals surface area (Å²) >= 11 is 0. The Morgan fingerprint density at radius 3 is 2.80 bits per heavy atom. The van der Waals surface area contributed by atoms with Gasteiger partial charge in [-0.3, -0.25) is 14.3 Å². The van der Waals surface area contributed by atoms with Gasteiger partial charge in [0.2, 0.25) is 11.8 Å². The average Bonchev–Trinajstić information content (AvgIpc) is 3.10. The van der Waals surface area contributed by atoms with Crippen LogP contribution in [0.15, 0.2) is 12.3 Å². The van der Waals surface area contributed by atoms with Crippen LogP contribution in [0.25, 0.3) is 0 Å². The predicted octanol–water partition coefficient (Wildman–Crippen LogP) is 0.701. The monoisotopic (exact) mass is 276 g/mol. The number of carbonyl (C=O) groups is 2. The van der Waals surface area contributed by atoms with Gasteiger partial charge in [-0.15, -0.1) is 0 Å². The fraction of sp³-hybridized carbons (Fsp3) is 0.643. The van der Waals surface area contributed by atoms with Crippen molar-refractivity contribution >= 4 is 11.8 Å². The third kappa shape index (κ3) is 2.42. The van der Waals surface area contributed by atoms with Gasteiger partial charge in [0.05, 0.1) is 18.8 Å². The molecule has 1 saturated carbocycles. The summed E-state index contributed by atoms with van der Waals surface area (Å²) in [5.41, 5.74) is 0.918. The van der Waals surface area contributed by atoms with E-state index in [0.717, 1.165) is 18.5 Å². The highest BCUT2D eigenvalue weighted by Gasteiger charge is 2.35. The predicted molar refractivity (Wildman–Crippen MR) is 72.7 cm³/mol. The summed E-state index contributed by atoms with van der Waals surface area (Å²) in [5.74, 6) is -0.00278. The smallest absolute Gasteiger partial charge is 0.246 e. The minimum Gasteiger partial charge on any atom is -0.351 e. The first-order valence-electron chi connectivity index (χ1n) is 7.18. The number of amides is 2. The molecule has 0 radical (unpaired) electrons. The first kappa shape index (κ1) is 13.1. The van der Waals surface area contributed by atoms with E-state index in [1.54, 1.807) is 15.8 Å². The molecule has 0 unspecified atom stereocenters. The van der Waals surface area contributed by atoms with Crippen LogP contribution in [0.4, 0.5) is 0 Å². The number of nitrogens with zero attached hydrogens (tertiary/aromatic N) is 3. The van der Waals surface area contributed by atoms with Gasteiger partial charge in [-0.1, -0.05) is 13.8 Å². The summed E-state index contributed by atoms with van der Waals surface area (Å²) in [6.45, 7) is 4.70. The number of hydrogen-bond donors (Lipinski definition) is 1. The SMILES string of the molecule is CC(C)C(=O)N1Cc2ccnn2[C@@H](C(=O)NC2CC2)C1. The quantitative estimate of drug-likeness (QED) is 0.883. The topological polar surface area (TPSA) is 67.2 Å². The van der Waals surface area contributed by atoms with Crippen LogP contribution in [0.1, 0.15) is 38.4 Å². The van der Waals surface area contributed by atoms with Crippen LogP contribution >= 0.6 is 0 Å². The van der Waals surface area contributed by atoms with E-state index in [9.17, 15) is 9.59 Å². The van der Waals surface area contributed by atoms with Crippen LogP contribution in [-0.2, 0) is 16.1 Å². The van der Waals surface area contributed by atoms with Crippen LogP contribution < -0.4 is 5.32 Å². The van der Waals surface area contributed by atoms with E-state index >= 15 is 0 Å². The van der Waals surface area contributed by atoms with Crippen molar-refractivity contribution in [3.63, 3.8) is 0 Å². The summed E-state index contributed by atoms with van der Waals surface area (Å²) in [6.07, 6.45) is 3.80. The maximum Gasteiger partial charge on any atom is 0.246 e. The molecular formula is C14H20N4O2. The van der Waals surface area contributed by atoms with E-state index in [2.05, 4.69) is 10.4 Å². The van der Waals surface area contributed by atoms with Crippen molar-refractivity contribution in [3.05, 3.63) is 18.0 Å². The summed E-state index contributed by atoms with van der Waals surface area (Å²) in [5, 5.41) is 7.25. The zero-order valence-electron chi connectivity index (χ0n) is 11.9. The summed E-state index contributed by atoms with van der Waals surface area (Å²) in [4.78, 5) is 26.3. The zero-order chi connectivity index (χ0) is 14.3. The first-order valence-corrected chi connectivity index (χ1v) is 7.18. The molecule has 2 amide bonds. The summed E-state index contributed by atoms with van der Waals surface area (Å²) < 4.78 is 1.75. The molecule has 0 spiro atoms. The van der Waals surface area contributed by atoms with Crippen LogP contribution in [-0.4, -0.2) is 39.1 Å². The second-order valence-electron chi connectivity index (χ2n) is 5.94. The van der Waals surface area contributed by atoms with Gasteiger partial charge in [0.1, 0.15) is 6.04 Å². The number of rotatable bonds is 3. The molecular weight excluding hydrogens is 256 g/mol. The summed E-state index contributed by atoms with van der Waals surface area (Å²) in [6, 6.07) is 1.78. The lowest BCUT2D eigenvalue weighted by Crippen LogP contribution is -2.48. The Morgan fingerprint density at radius 2 is 2.15 bits per heavy atom. The van der Waals surface area contributed by atoms with E-state index < -0.39 is 6.04 Å². The molecule has 0 aromatic carbocycles. The Labute approximate surface area is 118 Å². The number of fused-ring (bicyclic) bond motifs is 1. The first-order chi connectivity index (χ1) is 9.56. The molecule has 108 valence electrons. The molecule has 1 aliphatic carbocycles. The maximum atomic E-state index is 12.3. The highest BCUT2D eigenvalue weighted by atomic mass is 16.2. The normalized spacial score (nSPS) is 21.8. The van der Waals surface area contributed by atoms with Crippen LogP contribution in [0.2, 0.25) is 0 Å². The third-order valence-corrected chi connectivity index (χ3v) is 3.83. The number of carbonyl (C=O) groups excluding carboxylic acids is 2. The molecule has 20 heavy (non-hydrogen) atoms. The Hall–Kier alpha value is -1.85. The summed E-state index contributed by atoms with van der Waals surface area (Å²) in [7, 11) is 0. The third-order valence-electron chi connectivity index (χ3n) is 3.83. The maximum absolute atomic E-state index is 12.3. The van der Waals surface area contributed by atoms with Crippen LogP contribution in [0, 0.1) is 5.92 Å². The number of nitrogens with one attached hydrogen (secondary N) is 1. The minimum absolute atomic E-state index is 0.0290. The lowest BCUT2D eigenvalue weighted by atomic mass is 10.1. The van der Waals surface area contributed by atoms with Crippen molar-refractivity contribution in [2.75, 3.05) is 6.54 Å². The molecule has 0 bridgehead atoms. The van der Waals surface area contributed by atoms with Gasteiger partial charge in [0.15, 0.2) is 0 Å². The van der Waals surface area contributed by atoms with Gasteiger partial charge in [-0.25, -0.2) is 0 Å². The fourth-order valence-electron chi connectivity index (χ4n) is 2.55. The van der Waals surface area contributed by atoms with Crippen molar-refractivity contribution < 1.29 is 9.59 Å². The standard InChI is InChI=1S/C14H20N4O2/c1-9(2)14(20)17-7-11-5-6-15-18(11)12(8-17)13(19)16-10-3-4-10/h5-6,9-10,12H,3-4,7-8H2,1-2H3,(H,16,19)/t12-/m1/s1. The molecule has 0 saturated heterocycles. The van der Waals surface area contributed by atoms with Crippen molar-refractivity contribution in [2.24, 2.45) is 5.92 Å². The molecule has 1 aromatic rings. The van der Waals surface area contributed by atoms with Crippen LogP contribution in [0.3, 0.4) is 0 Å².